The molecule has 80 valence electrons. The quantitative estimate of drug-likeness (QED) is 0.638. The molecule has 0 saturated carbocycles. The second kappa shape index (κ2) is 3.43. The predicted molar refractivity (Wildman–Crippen MR) is 52.9 cm³/mol. The van der Waals surface area contributed by atoms with Crippen LogP contribution in [0.3, 0.4) is 0 Å². The SMILES string of the molecule is C=C1C=C[C@H](N2C=C(C)C(=O)NC2O)O1. The summed E-state index contributed by atoms with van der Waals surface area (Å²) in [6, 6.07) is 0. The highest BCUT2D eigenvalue weighted by atomic mass is 16.5. The van der Waals surface area contributed by atoms with Crippen LogP contribution in [0.25, 0.3) is 0 Å². The largest absolute Gasteiger partial charge is 0.467 e. The summed E-state index contributed by atoms with van der Waals surface area (Å²) >= 11 is 0. The minimum absolute atomic E-state index is 0.278. The Morgan fingerprint density at radius 1 is 1.67 bits per heavy atom. The number of rotatable bonds is 1. The third-order valence-corrected chi connectivity index (χ3v) is 2.26. The maximum atomic E-state index is 11.2. The van der Waals surface area contributed by atoms with Crippen LogP contribution in [-0.4, -0.2) is 28.5 Å². The smallest absolute Gasteiger partial charge is 0.251 e. The van der Waals surface area contributed by atoms with Gasteiger partial charge in [0.25, 0.3) is 5.91 Å². The molecule has 1 amide bonds. The Labute approximate surface area is 87.3 Å². The van der Waals surface area contributed by atoms with Crippen LogP contribution in [0.1, 0.15) is 6.92 Å². The lowest BCUT2D eigenvalue weighted by Crippen LogP contribution is -2.53. The van der Waals surface area contributed by atoms with Crippen LogP contribution >= 0.6 is 0 Å². The summed E-state index contributed by atoms with van der Waals surface area (Å²) in [5, 5.41) is 12.0. The molecule has 1 unspecified atom stereocenters. The minimum Gasteiger partial charge on any atom is -0.467 e. The van der Waals surface area contributed by atoms with E-state index >= 15 is 0 Å². The van der Waals surface area contributed by atoms with E-state index in [4.69, 9.17) is 4.74 Å². The molecular weight excluding hydrogens is 196 g/mol. The lowest BCUT2D eigenvalue weighted by molar-refractivity contribution is -0.131. The van der Waals surface area contributed by atoms with E-state index in [-0.39, 0.29) is 5.91 Å². The number of ether oxygens (including phenoxy) is 1. The first-order chi connectivity index (χ1) is 7.08. The van der Waals surface area contributed by atoms with Crippen molar-refractivity contribution in [2.45, 2.75) is 19.5 Å². The number of allylic oxidation sites excluding steroid dienone is 1. The third kappa shape index (κ3) is 1.73. The Hall–Kier alpha value is -1.75. The first kappa shape index (κ1) is 9.79. The topological polar surface area (TPSA) is 61.8 Å². The number of carbonyl (C=O) groups excluding carboxylic acids is 1. The van der Waals surface area contributed by atoms with Crippen molar-refractivity contribution in [1.82, 2.24) is 10.2 Å². The average Bonchev–Trinajstić information content (AvgIpc) is 2.58. The minimum atomic E-state index is -1.07. The number of nitrogens with zero attached hydrogens (tertiary/aromatic N) is 1. The molecule has 0 aromatic heterocycles. The molecule has 0 radical (unpaired) electrons. The lowest BCUT2D eigenvalue weighted by atomic mass is 10.2. The molecule has 15 heavy (non-hydrogen) atoms. The van der Waals surface area contributed by atoms with Crippen LogP contribution < -0.4 is 5.32 Å². The zero-order chi connectivity index (χ0) is 11.0. The summed E-state index contributed by atoms with van der Waals surface area (Å²) in [4.78, 5) is 12.7. The van der Waals surface area contributed by atoms with Crippen LogP contribution in [0.15, 0.2) is 36.3 Å². The molecule has 5 heteroatoms. The summed E-state index contributed by atoms with van der Waals surface area (Å²) in [7, 11) is 0. The van der Waals surface area contributed by atoms with Crippen LogP contribution in [0.4, 0.5) is 0 Å². The predicted octanol–water partition coefficient (Wildman–Crippen LogP) is 0.0241. The van der Waals surface area contributed by atoms with E-state index in [9.17, 15) is 9.90 Å². The summed E-state index contributed by atoms with van der Waals surface area (Å²) in [6.45, 7) is 5.30. The van der Waals surface area contributed by atoms with Gasteiger partial charge in [-0.3, -0.25) is 9.69 Å². The molecule has 2 N–H and O–H groups in total. The summed E-state index contributed by atoms with van der Waals surface area (Å²) in [6.07, 6.45) is 3.56. The Kier molecular flexibility index (Phi) is 2.24. The number of hydrogen-bond donors (Lipinski definition) is 2. The maximum absolute atomic E-state index is 11.2. The fourth-order valence-corrected chi connectivity index (χ4v) is 1.45. The van der Waals surface area contributed by atoms with Gasteiger partial charge in [-0.25, -0.2) is 0 Å². The molecule has 0 aromatic carbocycles. The number of amides is 1. The van der Waals surface area contributed by atoms with E-state index in [0.29, 0.717) is 11.3 Å². The zero-order valence-corrected chi connectivity index (χ0v) is 8.30. The molecular formula is C10H12N2O3. The lowest BCUT2D eigenvalue weighted by Gasteiger charge is -2.34. The van der Waals surface area contributed by atoms with Crippen molar-refractivity contribution in [1.29, 1.82) is 0 Å². The highest BCUT2D eigenvalue weighted by molar-refractivity contribution is 5.93. The summed E-state index contributed by atoms with van der Waals surface area (Å²) < 4.78 is 5.32. The number of hydrogen-bond acceptors (Lipinski definition) is 4. The Bertz CT molecular complexity index is 373. The molecule has 0 fully saturated rings. The molecule has 0 bridgehead atoms. The van der Waals surface area contributed by atoms with Gasteiger partial charge < -0.3 is 15.2 Å². The highest BCUT2D eigenvalue weighted by Crippen LogP contribution is 2.20. The van der Waals surface area contributed by atoms with Crippen molar-refractivity contribution >= 4 is 5.91 Å². The number of aliphatic hydroxyl groups is 1. The van der Waals surface area contributed by atoms with E-state index in [2.05, 4.69) is 11.9 Å². The maximum Gasteiger partial charge on any atom is 0.251 e. The van der Waals surface area contributed by atoms with E-state index in [1.807, 2.05) is 0 Å². The van der Waals surface area contributed by atoms with Crippen molar-refractivity contribution in [2.24, 2.45) is 0 Å². The zero-order valence-electron chi connectivity index (χ0n) is 8.30. The van der Waals surface area contributed by atoms with Gasteiger partial charge in [0, 0.05) is 11.8 Å². The van der Waals surface area contributed by atoms with E-state index in [0.717, 1.165) is 0 Å². The van der Waals surface area contributed by atoms with E-state index in [1.165, 1.54) is 4.90 Å². The first-order valence-electron chi connectivity index (χ1n) is 4.56. The van der Waals surface area contributed by atoms with Crippen molar-refractivity contribution < 1.29 is 14.6 Å². The molecule has 2 aliphatic heterocycles. The fraction of sp³-hybridized carbons (Fsp3) is 0.300. The highest BCUT2D eigenvalue weighted by Gasteiger charge is 2.29. The van der Waals surface area contributed by atoms with Gasteiger partial charge in [0.15, 0.2) is 6.23 Å². The van der Waals surface area contributed by atoms with Gasteiger partial charge in [0.1, 0.15) is 5.76 Å². The fourth-order valence-electron chi connectivity index (χ4n) is 1.45. The van der Waals surface area contributed by atoms with Gasteiger partial charge in [-0.15, -0.1) is 0 Å². The molecule has 0 saturated heterocycles. The average molecular weight is 208 g/mol. The van der Waals surface area contributed by atoms with Gasteiger partial charge in [-0.1, -0.05) is 6.58 Å². The van der Waals surface area contributed by atoms with Crippen molar-refractivity contribution in [3.05, 3.63) is 36.3 Å². The van der Waals surface area contributed by atoms with Crippen LogP contribution in [0, 0.1) is 0 Å². The molecule has 2 rings (SSSR count). The van der Waals surface area contributed by atoms with Crippen molar-refractivity contribution in [2.75, 3.05) is 0 Å². The second-order valence-corrected chi connectivity index (χ2v) is 3.44. The number of aliphatic hydroxyl groups excluding tert-OH is 1. The Morgan fingerprint density at radius 3 is 3.00 bits per heavy atom. The summed E-state index contributed by atoms with van der Waals surface area (Å²) in [5.74, 6) is 0.259. The number of nitrogens with one attached hydrogen (secondary N) is 1. The molecule has 0 aliphatic carbocycles. The Morgan fingerprint density at radius 2 is 2.40 bits per heavy atom. The third-order valence-electron chi connectivity index (χ3n) is 2.26. The van der Waals surface area contributed by atoms with Crippen LogP contribution in [-0.2, 0) is 9.53 Å². The van der Waals surface area contributed by atoms with Crippen LogP contribution in [0.5, 0.6) is 0 Å². The van der Waals surface area contributed by atoms with Crippen molar-refractivity contribution in [3.8, 4) is 0 Å². The van der Waals surface area contributed by atoms with E-state index in [1.54, 1.807) is 25.3 Å². The normalized spacial score (nSPS) is 30.0. The standard InChI is InChI=1S/C10H12N2O3/c1-6-5-12(10(14)11-9(6)13)8-4-3-7(2)15-8/h3-5,8,10,14H,2H2,1H3,(H,11,13)/t8-,10?/m1/s1. The molecule has 2 aliphatic rings. The van der Waals surface area contributed by atoms with Gasteiger partial charge in [-0.2, -0.15) is 0 Å². The molecule has 2 heterocycles. The molecule has 0 aromatic rings. The molecule has 5 nitrogen and oxygen atoms in total. The van der Waals surface area contributed by atoms with Gasteiger partial charge in [-0.05, 0) is 19.1 Å². The monoisotopic (exact) mass is 208 g/mol. The molecule has 2 atom stereocenters. The van der Waals surface area contributed by atoms with Gasteiger partial charge in [0.2, 0.25) is 6.35 Å². The molecule has 0 spiro atoms. The summed E-state index contributed by atoms with van der Waals surface area (Å²) in [5.41, 5.74) is 0.523. The second-order valence-electron chi connectivity index (χ2n) is 3.44. The van der Waals surface area contributed by atoms with Gasteiger partial charge >= 0.3 is 0 Å². The van der Waals surface area contributed by atoms with Crippen LogP contribution in [0.2, 0.25) is 0 Å². The number of carbonyl (C=O) groups is 1. The van der Waals surface area contributed by atoms with Gasteiger partial charge in [0.05, 0.1) is 0 Å². The first-order valence-corrected chi connectivity index (χ1v) is 4.56. The Balaban J connectivity index is 2.19. The van der Waals surface area contributed by atoms with Crippen molar-refractivity contribution in [3.63, 3.8) is 0 Å². The van der Waals surface area contributed by atoms with E-state index < -0.39 is 12.6 Å².